The van der Waals surface area contributed by atoms with Gasteiger partial charge in [-0.05, 0) is 31.4 Å². The van der Waals surface area contributed by atoms with Crippen molar-refractivity contribution in [2.24, 2.45) is 5.92 Å². The molecule has 0 spiro atoms. The summed E-state index contributed by atoms with van der Waals surface area (Å²) in [5.41, 5.74) is 2.50. The Morgan fingerprint density at radius 1 is 1.41 bits per heavy atom. The maximum absolute atomic E-state index is 12.2. The van der Waals surface area contributed by atoms with Gasteiger partial charge in [-0.3, -0.25) is 4.79 Å². The van der Waals surface area contributed by atoms with Crippen molar-refractivity contribution in [3.8, 4) is 10.6 Å². The molecule has 0 radical (unpaired) electrons. The van der Waals surface area contributed by atoms with Gasteiger partial charge < -0.3 is 10.4 Å². The molecule has 1 aromatic carbocycles. The van der Waals surface area contributed by atoms with Gasteiger partial charge >= 0.3 is 0 Å². The van der Waals surface area contributed by atoms with E-state index in [1.807, 2.05) is 44.4 Å². The molecule has 0 aliphatic carbocycles. The van der Waals surface area contributed by atoms with Crippen LogP contribution in [0.2, 0.25) is 0 Å². The Balaban J connectivity index is 2.01. The topological polar surface area (TPSA) is 62.2 Å². The quantitative estimate of drug-likeness (QED) is 0.859. The summed E-state index contributed by atoms with van der Waals surface area (Å²) in [7, 11) is 0. The molecule has 0 saturated carbocycles. The van der Waals surface area contributed by atoms with Crippen molar-refractivity contribution in [2.75, 3.05) is 6.54 Å². The zero-order valence-corrected chi connectivity index (χ0v) is 14.0. The Labute approximate surface area is 135 Å². The van der Waals surface area contributed by atoms with Crippen molar-refractivity contribution >= 4 is 17.2 Å². The number of carbonyl (C=O) groups is 1. The fourth-order valence-electron chi connectivity index (χ4n) is 2.22. The number of carbonyl (C=O) groups excluding carboxylic acids is 1. The van der Waals surface area contributed by atoms with Crippen LogP contribution in [0.3, 0.4) is 0 Å². The molecule has 0 bridgehead atoms. The van der Waals surface area contributed by atoms with Crippen molar-refractivity contribution < 1.29 is 9.90 Å². The number of aliphatic hydroxyl groups excluding tert-OH is 1. The average molecular weight is 318 g/mol. The Morgan fingerprint density at radius 2 is 2.18 bits per heavy atom. The molecule has 5 heteroatoms. The molecule has 1 aromatic heterocycles. The summed E-state index contributed by atoms with van der Waals surface area (Å²) >= 11 is 1.57. The van der Waals surface area contributed by atoms with Crippen LogP contribution in [0.15, 0.2) is 29.6 Å². The van der Waals surface area contributed by atoms with Crippen molar-refractivity contribution in [3.63, 3.8) is 0 Å². The first-order valence-electron chi connectivity index (χ1n) is 7.44. The number of nitrogens with zero attached hydrogens (tertiary/aromatic N) is 1. The van der Waals surface area contributed by atoms with Gasteiger partial charge in [-0.15, -0.1) is 11.3 Å². The van der Waals surface area contributed by atoms with Crippen LogP contribution in [0.5, 0.6) is 0 Å². The lowest BCUT2D eigenvalue weighted by Gasteiger charge is -2.14. The zero-order valence-electron chi connectivity index (χ0n) is 13.2. The molecule has 0 aliphatic rings. The van der Waals surface area contributed by atoms with Crippen LogP contribution in [0.25, 0.3) is 10.6 Å². The van der Waals surface area contributed by atoms with Crippen LogP contribution < -0.4 is 5.32 Å². The maximum atomic E-state index is 12.2. The van der Waals surface area contributed by atoms with E-state index in [1.165, 1.54) is 0 Å². The lowest BCUT2D eigenvalue weighted by molar-refractivity contribution is 0.0900. The number of thiazole rings is 1. The van der Waals surface area contributed by atoms with Gasteiger partial charge in [0.15, 0.2) is 0 Å². The van der Waals surface area contributed by atoms with Gasteiger partial charge in [0.05, 0.1) is 6.10 Å². The van der Waals surface area contributed by atoms with Crippen LogP contribution in [-0.4, -0.2) is 28.6 Å². The number of hydrogen-bond acceptors (Lipinski definition) is 4. The summed E-state index contributed by atoms with van der Waals surface area (Å²) in [6.07, 6.45) is 0.173. The highest BCUT2D eigenvalue weighted by Crippen LogP contribution is 2.24. The van der Waals surface area contributed by atoms with Gasteiger partial charge in [0.2, 0.25) is 0 Å². The van der Waals surface area contributed by atoms with E-state index in [2.05, 4.69) is 10.3 Å². The van der Waals surface area contributed by atoms with Crippen LogP contribution in [0.4, 0.5) is 0 Å². The highest BCUT2D eigenvalue weighted by molar-refractivity contribution is 7.13. The van der Waals surface area contributed by atoms with Crippen LogP contribution in [0.1, 0.15) is 36.3 Å². The van der Waals surface area contributed by atoms with Crippen molar-refractivity contribution in [1.29, 1.82) is 0 Å². The second kappa shape index (κ2) is 7.51. The summed E-state index contributed by atoms with van der Waals surface area (Å²) in [5.74, 6) is 0.237. The number of benzene rings is 1. The second-order valence-electron chi connectivity index (χ2n) is 5.87. The molecular weight excluding hydrogens is 296 g/mol. The van der Waals surface area contributed by atoms with Gasteiger partial charge in [-0.2, -0.15) is 0 Å². The standard InChI is InChI=1S/C17H22N2O2S/c1-11(2)7-15(20)9-18-16(21)13-5-4-6-14(8-13)17-19-12(3)10-22-17/h4-6,8,10-11,15,20H,7,9H2,1-3H3,(H,18,21). The molecule has 0 aliphatic heterocycles. The van der Waals surface area contributed by atoms with E-state index >= 15 is 0 Å². The first kappa shape index (κ1) is 16.6. The number of rotatable bonds is 6. The fourth-order valence-corrected chi connectivity index (χ4v) is 3.01. The minimum atomic E-state index is -0.506. The molecule has 118 valence electrons. The van der Waals surface area contributed by atoms with E-state index in [0.29, 0.717) is 17.9 Å². The number of aromatic nitrogens is 1. The Kier molecular flexibility index (Phi) is 5.69. The number of hydrogen-bond donors (Lipinski definition) is 2. The molecule has 22 heavy (non-hydrogen) atoms. The molecule has 2 aromatic rings. The first-order valence-corrected chi connectivity index (χ1v) is 8.32. The van der Waals surface area contributed by atoms with Gasteiger partial charge in [0.25, 0.3) is 5.91 Å². The van der Waals surface area contributed by atoms with Crippen LogP contribution >= 0.6 is 11.3 Å². The summed E-state index contributed by atoms with van der Waals surface area (Å²) < 4.78 is 0. The molecule has 0 fully saturated rings. The van der Waals surface area contributed by atoms with Crippen molar-refractivity contribution in [3.05, 3.63) is 40.9 Å². The predicted octanol–water partition coefficient (Wildman–Crippen LogP) is 3.26. The minimum Gasteiger partial charge on any atom is -0.391 e. The Bertz CT molecular complexity index is 637. The number of nitrogens with one attached hydrogen (secondary N) is 1. The van der Waals surface area contributed by atoms with Gasteiger partial charge in [-0.25, -0.2) is 4.98 Å². The lowest BCUT2D eigenvalue weighted by atomic mass is 10.1. The number of aliphatic hydroxyl groups is 1. The Hall–Kier alpha value is -1.72. The van der Waals surface area contributed by atoms with Gasteiger partial charge in [-0.1, -0.05) is 26.0 Å². The van der Waals surface area contributed by atoms with E-state index in [9.17, 15) is 9.90 Å². The van der Waals surface area contributed by atoms with Crippen LogP contribution in [0, 0.1) is 12.8 Å². The van der Waals surface area contributed by atoms with E-state index in [0.717, 1.165) is 16.3 Å². The molecule has 1 unspecified atom stereocenters. The Morgan fingerprint density at radius 3 is 2.82 bits per heavy atom. The van der Waals surface area contributed by atoms with Gasteiger partial charge in [0.1, 0.15) is 5.01 Å². The third-order valence-corrected chi connectivity index (χ3v) is 4.24. The summed E-state index contributed by atoms with van der Waals surface area (Å²) in [6, 6.07) is 7.41. The average Bonchev–Trinajstić information content (AvgIpc) is 2.91. The molecule has 1 amide bonds. The highest BCUT2D eigenvalue weighted by atomic mass is 32.1. The molecule has 2 N–H and O–H groups in total. The van der Waals surface area contributed by atoms with Gasteiger partial charge in [0, 0.05) is 28.7 Å². The number of amides is 1. The minimum absolute atomic E-state index is 0.169. The zero-order chi connectivity index (χ0) is 16.1. The fraction of sp³-hybridized carbons (Fsp3) is 0.412. The second-order valence-corrected chi connectivity index (χ2v) is 6.73. The molecule has 2 rings (SSSR count). The monoisotopic (exact) mass is 318 g/mol. The molecule has 0 saturated heterocycles. The van der Waals surface area contributed by atoms with Crippen LogP contribution in [-0.2, 0) is 0 Å². The maximum Gasteiger partial charge on any atom is 0.251 e. The number of aryl methyl sites for hydroxylation is 1. The molecule has 1 heterocycles. The largest absolute Gasteiger partial charge is 0.391 e. The highest BCUT2D eigenvalue weighted by Gasteiger charge is 2.12. The van der Waals surface area contributed by atoms with Crippen molar-refractivity contribution in [2.45, 2.75) is 33.3 Å². The molecule has 1 atom stereocenters. The third kappa shape index (κ3) is 4.64. The molecular formula is C17H22N2O2S. The predicted molar refractivity (Wildman–Crippen MR) is 90.1 cm³/mol. The smallest absolute Gasteiger partial charge is 0.251 e. The lowest BCUT2D eigenvalue weighted by Crippen LogP contribution is -2.32. The molecule has 4 nitrogen and oxygen atoms in total. The normalized spacial score (nSPS) is 12.4. The van der Waals surface area contributed by atoms with E-state index in [1.54, 1.807) is 17.4 Å². The summed E-state index contributed by atoms with van der Waals surface area (Å²) in [6.45, 7) is 6.32. The summed E-state index contributed by atoms with van der Waals surface area (Å²) in [5, 5.41) is 15.5. The van der Waals surface area contributed by atoms with E-state index < -0.39 is 6.10 Å². The first-order chi connectivity index (χ1) is 10.5. The van der Waals surface area contributed by atoms with E-state index in [4.69, 9.17) is 0 Å². The summed E-state index contributed by atoms with van der Waals surface area (Å²) in [4.78, 5) is 16.6. The third-order valence-electron chi connectivity index (χ3n) is 3.23. The van der Waals surface area contributed by atoms with Crippen molar-refractivity contribution in [1.82, 2.24) is 10.3 Å². The SMILES string of the molecule is Cc1csc(-c2cccc(C(=O)NCC(O)CC(C)C)c2)n1. The van der Waals surface area contributed by atoms with E-state index in [-0.39, 0.29) is 12.5 Å².